The summed E-state index contributed by atoms with van der Waals surface area (Å²) in [5.74, 6) is 0. The average molecular weight is 308 g/mol. The first-order valence-corrected chi connectivity index (χ1v) is 8.63. The lowest BCUT2D eigenvalue weighted by atomic mass is 9.95. The molecule has 0 heteroatoms. The zero-order valence-electron chi connectivity index (χ0n) is 14.1. The van der Waals surface area contributed by atoms with E-state index in [0.29, 0.717) is 0 Å². The van der Waals surface area contributed by atoms with Crippen LogP contribution >= 0.6 is 0 Å². The maximum atomic E-state index is 2.36. The minimum Gasteiger partial charge on any atom is -0.0683 e. The lowest BCUT2D eigenvalue weighted by Crippen LogP contribution is -1.81. The monoisotopic (exact) mass is 308 g/mol. The van der Waals surface area contributed by atoms with Crippen LogP contribution in [0.2, 0.25) is 0 Å². The highest BCUT2D eigenvalue weighted by atomic mass is 14.1. The smallest absolute Gasteiger partial charge is 0.00988 e. The molecule has 0 saturated heterocycles. The minimum absolute atomic E-state index is 1.30. The lowest BCUT2D eigenvalue weighted by molar-refractivity contribution is 1.50. The van der Waals surface area contributed by atoms with Gasteiger partial charge in [0.2, 0.25) is 0 Å². The van der Waals surface area contributed by atoms with Crippen LogP contribution in [0, 0.1) is 0 Å². The lowest BCUT2D eigenvalue weighted by Gasteiger charge is -2.08. The molecule has 0 fully saturated rings. The van der Waals surface area contributed by atoms with E-state index in [1.54, 1.807) is 0 Å². The topological polar surface area (TPSA) is 0 Å². The Labute approximate surface area is 142 Å². The van der Waals surface area contributed by atoms with Crippen molar-refractivity contribution in [2.24, 2.45) is 0 Å². The first-order chi connectivity index (χ1) is 11.9. The molecule has 0 radical (unpaired) electrons. The summed E-state index contributed by atoms with van der Waals surface area (Å²) in [6.07, 6.45) is 0. The molecule has 5 aromatic rings. The van der Waals surface area contributed by atoms with Crippen molar-refractivity contribution in [2.75, 3.05) is 0 Å². The quantitative estimate of drug-likeness (QED) is 0.207. The molecule has 0 atom stereocenters. The summed E-state index contributed by atoms with van der Waals surface area (Å²) in [7, 11) is 0. The van der Waals surface area contributed by atoms with Crippen LogP contribution < -0.4 is 0 Å². The van der Waals surface area contributed by atoms with Crippen LogP contribution in [0.3, 0.4) is 0 Å². The zero-order valence-corrected chi connectivity index (χ0v) is 14.1. The van der Waals surface area contributed by atoms with E-state index >= 15 is 0 Å². The second-order valence-corrected chi connectivity index (χ2v) is 5.87. The van der Waals surface area contributed by atoms with Crippen LogP contribution in [0.25, 0.3) is 43.1 Å². The van der Waals surface area contributed by atoms with E-state index in [1.165, 1.54) is 43.1 Å². The van der Waals surface area contributed by atoms with Crippen molar-refractivity contribution in [3.05, 3.63) is 84.9 Å². The zero-order chi connectivity index (χ0) is 16.5. The Morgan fingerprint density at radius 2 is 0.792 bits per heavy atom. The summed E-state index contributed by atoms with van der Waals surface area (Å²) in [5.41, 5.74) is 0. The van der Waals surface area contributed by atoms with Gasteiger partial charge in [-0.25, -0.2) is 0 Å². The molecule has 0 aromatic heterocycles. The fourth-order valence-corrected chi connectivity index (χ4v) is 3.51. The molecule has 0 bridgehead atoms. The van der Waals surface area contributed by atoms with Crippen LogP contribution in [0.4, 0.5) is 0 Å². The summed E-state index contributed by atoms with van der Waals surface area (Å²) in [6.45, 7) is 4.00. The van der Waals surface area contributed by atoms with Gasteiger partial charge in [-0.3, -0.25) is 0 Å². The van der Waals surface area contributed by atoms with Crippen molar-refractivity contribution < 1.29 is 0 Å². The SMILES string of the molecule is CC.c1ccc2c(c1)ccc1cc3ccc4ccccc4c3cc12. The van der Waals surface area contributed by atoms with Crippen LogP contribution in [0.15, 0.2) is 84.9 Å². The third-order valence-corrected chi connectivity index (χ3v) is 4.61. The van der Waals surface area contributed by atoms with Gasteiger partial charge in [0.05, 0.1) is 0 Å². The van der Waals surface area contributed by atoms with E-state index in [-0.39, 0.29) is 0 Å². The highest BCUT2D eigenvalue weighted by Crippen LogP contribution is 2.32. The van der Waals surface area contributed by atoms with Gasteiger partial charge in [-0.1, -0.05) is 86.6 Å². The molecular formula is C24H20. The summed E-state index contributed by atoms with van der Waals surface area (Å²) in [6, 6.07) is 30.8. The Morgan fingerprint density at radius 1 is 0.375 bits per heavy atom. The summed E-state index contributed by atoms with van der Waals surface area (Å²) in [4.78, 5) is 0. The van der Waals surface area contributed by atoms with Gasteiger partial charge in [0, 0.05) is 0 Å². The van der Waals surface area contributed by atoms with Gasteiger partial charge in [0.1, 0.15) is 0 Å². The van der Waals surface area contributed by atoms with Crippen molar-refractivity contribution in [3.8, 4) is 0 Å². The molecule has 0 saturated carbocycles. The molecule has 116 valence electrons. The number of benzene rings is 5. The average Bonchev–Trinajstić information content (AvgIpc) is 2.68. The molecular weight excluding hydrogens is 288 g/mol. The predicted molar refractivity (Wildman–Crippen MR) is 108 cm³/mol. The molecule has 0 aliphatic heterocycles. The Morgan fingerprint density at radius 3 is 1.29 bits per heavy atom. The maximum absolute atomic E-state index is 2.36. The number of hydrogen-bond acceptors (Lipinski definition) is 0. The molecule has 0 aliphatic carbocycles. The van der Waals surface area contributed by atoms with Gasteiger partial charge in [-0.15, -0.1) is 0 Å². The van der Waals surface area contributed by atoms with Crippen molar-refractivity contribution >= 4 is 43.1 Å². The normalized spacial score (nSPS) is 10.9. The van der Waals surface area contributed by atoms with Gasteiger partial charge in [-0.2, -0.15) is 0 Å². The van der Waals surface area contributed by atoms with Crippen LogP contribution in [0.5, 0.6) is 0 Å². The van der Waals surface area contributed by atoms with Crippen molar-refractivity contribution in [3.63, 3.8) is 0 Å². The van der Waals surface area contributed by atoms with Gasteiger partial charge < -0.3 is 0 Å². The molecule has 5 rings (SSSR count). The summed E-state index contributed by atoms with van der Waals surface area (Å²) < 4.78 is 0. The summed E-state index contributed by atoms with van der Waals surface area (Å²) >= 11 is 0. The fraction of sp³-hybridized carbons (Fsp3) is 0.0833. The highest BCUT2D eigenvalue weighted by Gasteiger charge is 2.05. The molecule has 0 nitrogen and oxygen atoms in total. The summed E-state index contributed by atoms with van der Waals surface area (Å²) in [5, 5.41) is 10.5. The molecule has 5 aromatic carbocycles. The van der Waals surface area contributed by atoms with Gasteiger partial charge in [-0.05, 0) is 55.2 Å². The van der Waals surface area contributed by atoms with E-state index in [1.807, 2.05) is 13.8 Å². The van der Waals surface area contributed by atoms with Crippen molar-refractivity contribution in [1.29, 1.82) is 0 Å². The highest BCUT2D eigenvalue weighted by molar-refractivity contribution is 6.17. The van der Waals surface area contributed by atoms with Crippen molar-refractivity contribution in [2.45, 2.75) is 13.8 Å². The van der Waals surface area contributed by atoms with Crippen LogP contribution in [0.1, 0.15) is 13.8 Å². The molecule has 0 amide bonds. The second kappa shape index (κ2) is 5.98. The Balaban J connectivity index is 0.000000704. The number of rotatable bonds is 0. The van der Waals surface area contributed by atoms with Gasteiger partial charge >= 0.3 is 0 Å². The van der Waals surface area contributed by atoms with E-state index < -0.39 is 0 Å². The maximum Gasteiger partial charge on any atom is -0.00988 e. The van der Waals surface area contributed by atoms with E-state index in [9.17, 15) is 0 Å². The molecule has 0 N–H and O–H groups in total. The van der Waals surface area contributed by atoms with E-state index in [4.69, 9.17) is 0 Å². The third kappa shape index (κ3) is 2.23. The molecule has 0 heterocycles. The van der Waals surface area contributed by atoms with E-state index in [0.717, 1.165) is 0 Å². The van der Waals surface area contributed by atoms with Crippen LogP contribution in [-0.4, -0.2) is 0 Å². The van der Waals surface area contributed by atoms with Crippen molar-refractivity contribution in [1.82, 2.24) is 0 Å². The number of fused-ring (bicyclic) bond motifs is 6. The Kier molecular flexibility index (Phi) is 3.66. The minimum atomic E-state index is 1.30. The largest absolute Gasteiger partial charge is 0.0683 e. The Bertz CT molecular complexity index is 1080. The Hall–Kier alpha value is -2.86. The predicted octanol–water partition coefficient (Wildman–Crippen LogP) is 7.33. The molecule has 0 spiro atoms. The van der Waals surface area contributed by atoms with Crippen LogP contribution in [-0.2, 0) is 0 Å². The molecule has 0 unspecified atom stereocenters. The number of hydrogen-bond donors (Lipinski definition) is 0. The molecule has 0 aliphatic rings. The first kappa shape index (κ1) is 14.7. The standard InChI is InChI=1S/C22H14.C2H6/c1-3-7-19-15(5-1)9-11-17-13-18-12-10-16-6-2-4-8-20(16)22(18)14-21(17)19;1-2/h1-14H;1-2H3. The fourth-order valence-electron chi connectivity index (χ4n) is 3.51. The second-order valence-electron chi connectivity index (χ2n) is 5.87. The van der Waals surface area contributed by atoms with Gasteiger partial charge in [0.15, 0.2) is 0 Å². The van der Waals surface area contributed by atoms with E-state index in [2.05, 4.69) is 84.9 Å². The first-order valence-electron chi connectivity index (χ1n) is 8.63. The van der Waals surface area contributed by atoms with Gasteiger partial charge in [0.25, 0.3) is 0 Å². The third-order valence-electron chi connectivity index (χ3n) is 4.61. The molecule has 24 heavy (non-hydrogen) atoms.